The average Bonchev–Trinajstić information content (AvgIpc) is 2.47. The fourth-order valence-electron chi connectivity index (χ4n) is 1.78. The molecule has 0 heterocycles. The number of rotatable bonds is 8. The lowest BCUT2D eigenvalue weighted by molar-refractivity contribution is -0.143. The molecule has 116 valence electrons. The predicted molar refractivity (Wildman–Crippen MR) is 75.4 cm³/mol. The van der Waals surface area contributed by atoms with Crippen molar-refractivity contribution in [3.8, 4) is 0 Å². The van der Waals surface area contributed by atoms with E-state index in [-0.39, 0.29) is 37.6 Å². The van der Waals surface area contributed by atoms with Crippen molar-refractivity contribution >= 4 is 11.9 Å². The van der Waals surface area contributed by atoms with Crippen LogP contribution in [-0.4, -0.2) is 50.2 Å². The topological polar surface area (TPSA) is 55.8 Å². The van der Waals surface area contributed by atoms with E-state index in [1.807, 2.05) is 0 Å². The summed E-state index contributed by atoms with van der Waals surface area (Å²) in [5.74, 6) is -1.43. The van der Waals surface area contributed by atoms with Gasteiger partial charge in [0, 0.05) is 20.2 Å². The lowest BCUT2D eigenvalue weighted by Crippen LogP contribution is -2.36. The molecule has 1 rings (SSSR count). The molecule has 0 saturated carbocycles. The number of hydrogen-bond donors (Lipinski definition) is 0. The molecule has 0 aromatic heterocycles. The van der Waals surface area contributed by atoms with Gasteiger partial charge in [-0.1, -0.05) is 12.1 Å². The van der Waals surface area contributed by atoms with Gasteiger partial charge in [-0.2, -0.15) is 0 Å². The lowest BCUT2D eigenvalue weighted by atomic mass is 10.2. The fourth-order valence-corrected chi connectivity index (χ4v) is 1.78. The molecular formula is C15H20FNO4. The standard InChI is InChI=1S/C15H20FNO4/c1-3-21-14(18)8-9-17(10-11-20-2)15(19)12-6-4-5-7-13(12)16/h4-7H,3,8-11H2,1-2H3. The molecule has 21 heavy (non-hydrogen) atoms. The average molecular weight is 297 g/mol. The van der Waals surface area contributed by atoms with Crippen LogP contribution in [0.3, 0.4) is 0 Å². The van der Waals surface area contributed by atoms with Crippen molar-refractivity contribution in [1.82, 2.24) is 4.90 Å². The molecule has 0 spiro atoms. The van der Waals surface area contributed by atoms with Crippen molar-refractivity contribution in [2.45, 2.75) is 13.3 Å². The summed E-state index contributed by atoms with van der Waals surface area (Å²) >= 11 is 0. The van der Waals surface area contributed by atoms with Crippen LogP contribution in [0.5, 0.6) is 0 Å². The first-order valence-corrected chi connectivity index (χ1v) is 6.78. The number of hydrogen-bond acceptors (Lipinski definition) is 4. The zero-order chi connectivity index (χ0) is 15.7. The maximum atomic E-state index is 13.7. The van der Waals surface area contributed by atoms with Crippen LogP contribution in [-0.2, 0) is 14.3 Å². The first-order chi connectivity index (χ1) is 10.1. The molecule has 1 aromatic rings. The number of carbonyl (C=O) groups excluding carboxylic acids is 2. The van der Waals surface area contributed by atoms with Gasteiger partial charge in [0.25, 0.3) is 5.91 Å². The van der Waals surface area contributed by atoms with E-state index in [2.05, 4.69) is 0 Å². The molecule has 0 atom stereocenters. The number of nitrogens with zero attached hydrogens (tertiary/aromatic N) is 1. The third-order valence-corrected chi connectivity index (χ3v) is 2.85. The van der Waals surface area contributed by atoms with E-state index < -0.39 is 11.7 Å². The molecule has 6 heteroatoms. The van der Waals surface area contributed by atoms with Crippen molar-refractivity contribution in [3.05, 3.63) is 35.6 Å². The summed E-state index contributed by atoms with van der Waals surface area (Å²) in [6, 6.07) is 5.76. The van der Waals surface area contributed by atoms with E-state index in [1.165, 1.54) is 30.2 Å². The van der Waals surface area contributed by atoms with Gasteiger partial charge in [0.2, 0.25) is 0 Å². The molecule has 1 aromatic carbocycles. The second-order valence-corrected chi connectivity index (χ2v) is 4.32. The molecule has 5 nitrogen and oxygen atoms in total. The monoisotopic (exact) mass is 297 g/mol. The minimum Gasteiger partial charge on any atom is -0.466 e. The minimum absolute atomic E-state index is 0.0162. The molecule has 0 radical (unpaired) electrons. The van der Waals surface area contributed by atoms with Crippen LogP contribution in [0.25, 0.3) is 0 Å². The Kier molecular flexibility index (Phi) is 7.39. The summed E-state index contributed by atoms with van der Waals surface area (Å²) in [4.78, 5) is 25.1. The van der Waals surface area contributed by atoms with Crippen molar-refractivity contribution in [2.75, 3.05) is 33.4 Å². The molecule has 0 fully saturated rings. The summed E-state index contributed by atoms with van der Waals surface area (Å²) in [6.45, 7) is 2.75. The van der Waals surface area contributed by atoms with Gasteiger partial charge in [-0.15, -0.1) is 0 Å². The van der Waals surface area contributed by atoms with Crippen LogP contribution < -0.4 is 0 Å². The summed E-state index contributed by atoms with van der Waals surface area (Å²) in [5, 5.41) is 0. The number of benzene rings is 1. The number of ether oxygens (including phenoxy) is 2. The zero-order valence-corrected chi connectivity index (χ0v) is 12.3. The predicted octanol–water partition coefficient (Wildman–Crippen LogP) is 1.87. The Morgan fingerprint density at radius 3 is 2.57 bits per heavy atom. The Morgan fingerprint density at radius 1 is 1.24 bits per heavy atom. The number of esters is 1. The minimum atomic E-state index is -0.582. The highest BCUT2D eigenvalue weighted by molar-refractivity contribution is 5.94. The van der Waals surface area contributed by atoms with Gasteiger partial charge in [-0.25, -0.2) is 4.39 Å². The first kappa shape index (κ1) is 17.1. The number of carbonyl (C=O) groups is 2. The first-order valence-electron chi connectivity index (χ1n) is 6.78. The van der Waals surface area contributed by atoms with E-state index in [0.717, 1.165) is 0 Å². The number of amides is 1. The molecular weight excluding hydrogens is 277 g/mol. The zero-order valence-electron chi connectivity index (χ0n) is 12.3. The van der Waals surface area contributed by atoms with E-state index in [1.54, 1.807) is 13.0 Å². The molecule has 0 N–H and O–H groups in total. The van der Waals surface area contributed by atoms with Gasteiger partial charge in [0.05, 0.1) is 25.2 Å². The largest absolute Gasteiger partial charge is 0.466 e. The van der Waals surface area contributed by atoms with Crippen LogP contribution >= 0.6 is 0 Å². The van der Waals surface area contributed by atoms with Crippen LogP contribution in [0.4, 0.5) is 4.39 Å². The van der Waals surface area contributed by atoms with Gasteiger partial charge < -0.3 is 14.4 Å². The molecule has 0 aliphatic rings. The van der Waals surface area contributed by atoms with Gasteiger partial charge >= 0.3 is 5.97 Å². The Bertz CT molecular complexity index is 478. The van der Waals surface area contributed by atoms with Gasteiger partial charge in [0.15, 0.2) is 0 Å². The third kappa shape index (κ3) is 5.51. The van der Waals surface area contributed by atoms with Crippen LogP contribution in [0.2, 0.25) is 0 Å². The highest BCUT2D eigenvalue weighted by Gasteiger charge is 2.19. The molecule has 0 unspecified atom stereocenters. The Hall–Kier alpha value is -1.95. The smallest absolute Gasteiger partial charge is 0.307 e. The van der Waals surface area contributed by atoms with E-state index in [0.29, 0.717) is 6.61 Å². The maximum Gasteiger partial charge on any atom is 0.307 e. The molecule has 0 bridgehead atoms. The van der Waals surface area contributed by atoms with Gasteiger partial charge in [0.1, 0.15) is 5.82 Å². The summed E-state index contributed by atoms with van der Waals surface area (Å²) in [5.41, 5.74) is -0.0162. The Labute approximate surface area is 123 Å². The van der Waals surface area contributed by atoms with Crippen LogP contribution in [0.1, 0.15) is 23.7 Å². The molecule has 0 aliphatic carbocycles. The van der Waals surface area contributed by atoms with Crippen molar-refractivity contribution in [1.29, 1.82) is 0 Å². The van der Waals surface area contributed by atoms with Crippen molar-refractivity contribution < 1.29 is 23.5 Å². The SMILES string of the molecule is CCOC(=O)CCN(CCOC)C(=O)c1ccccc1F. The van der Waals surface area contributed by atoms with Gasteiger partial charge in [-0.05, 0) is 19.1 Å². The third-order valence-electron chi connectivity index (χ3n) is 2.85. The number of halogens is 1. The molecule has 0 saturated heterocycles. The van der Waals surface area contributed by atoms with E-state index >= 15 is 0 Å². The van der Waals surface area contributed by atoms with E-state index in [4.69, 9.17) is 9.47 Å². The summed E-state index contributed by atoms with van der Waals surface area (Å²) in [7, 11) is 1.51. The molecule has 1 amide bonds. The normalized spacial score (nSPS) is 10.2. The lowest BCUT2D eigenvalue weighted by Gasteiger charge is -2.22. The van der Waals surface area contributed by atoms with Gasteiger partial charge in [-0.3, -0.25) is 9.59 Å². The maximum absolute atomic E-state index is 13.7. The Balaban J connectivity index is 2.74. The summed E-state index contributed by atoms with van der Waals surface area (Å²) < 4.78 is 23.4. The quantitative estimate of drug-likeness (QED) is 0.687. The van der Waals surface area contributed by atoms with Crippen LogP contribution in [0, 0.1) is 5.82 Å². The van der Waals surface area contributed by atoms with Crippen molar-refractivity contribution in [2.24, 2.45) is 0 Å². The van der Waals surface area contributed by atoms with Crippen molar-refractivity contribution in [3.63, 3.8) is 0 Å². The molecule has 0 aliphatic heterocycles. The number of methoxy groups -OCH3 is 1. The second kappa shape index (κ2) is 9.07. The highest BCUT2D eigenvalue weighted by Crippen LogP contribution is 2.10. The summed E-state index contributed by atoms with van der Waals surface area (Å²) in [6.07, 6.45) is 0.0672. The van der Waals surface area contributed by atoms with E-state index in [9.17, 15) is 14.0 Å². The second-order valence-electron chi connectivity index (χ2n) is 4.32. The highest BCUT2D eigenvalue weighted by atomic mass is 19.1. The van der Waals surface area contributed by atoms with Crippen LogP contribution in [0.15, 0.2) is 24.3 Å². The fraction of sp³-hybridized carbons (Fsp3) is 0.467. The Morgan fingerprint density at radius 2 is 1.95 bits per heavy atom.